The quantitative estimate of drug-likeness (QED) is 0.570. The Morgan fingerprint density at radius 3 is 2.50 bits per heavy atom. The molecule has 0 saturated carbocycles. The Kier molecular flexibility index (Phi) is 6.09. The summed E-state index contributed by atoms with van der Waals surface area (Å²) in [6.07, 6.45) is 0.752. The second-order valence-corrected chi connectivity index (χ2v) is 7.01. The third kappa shape index (κ3) is 4.69. The Bertz CT molecular complexity index is 1030. The average Bonchev–Trinajstić information content (AvgIpc) is 2.99. The van der Waals surface area contributed by atoms with Gasteiger partial charge in [0.25, 0.3) is 0 Å². The topological polar surface area (TPSA) is 59.9 Å². The van der Waals surface area contributed by atoms with Crippen molar-refractivity contribution in [3.05, 3.63) is 90.0 Å². The number of hydrogen-bond acceptors (Lipinski definition) is 5. The van der Waals surface area contributed by atoms with Crippen LogP contribution in [0.4, 0.5) is 11.4 Å². The molecule has 3 aromatic carbocycles. The third-order valence-corrected chi connectivity index (χ3v) is 4.94. The summed E-state index contributed by atoms with van der Waals surface area (Å²) < 4.78 is 10.4. The maximum atomic E-state index is 11.5. The van der Waals surface area contributed by atoms with Gasteiger partial charge in [-0.05, 0) is 54.4 Å². The van der Waals surface area contributed by atoms with Crippen molar-refractivity contribution in [2.75, 3.05) is 18.5 Å². The molecule has 5 nitrogen and oxygen atoms in total. The highest BCUT2D eigenvalue weighted by molar-refractivity contribution is 6.04. The van der Waals surface area contributed by atoms with Crippen LogP contribution in [0.3, 0.4) is 0 Å². The van der Waals surface area contributed by atoms with Gasteiger partial charge in [0, 0.05) is 6.42 Å². The van der Waals surface area contributed by atoms with Gasteiger partial charge in [-0.15, -0.1) is 0 Å². The van der Waals surface area contributed by atoms with Gasteiger partial charge in [0.15, 0.2) is 6.61 Å². The van der Waals surface area contributed by atoms with Crippen LogP contribution < -0.4 is 10.1 Å². The lowest BCUT2D eigenvalue weighted by Crippen LogP contribution is -2.15. The molecule has 1 atom stereocenters. The number of para-hydroxylation sites is 2. The van der Waals surface area contributed by atoms with Crippen LogP contribution in [0.5, 0.6) is 5.75 Å². The monoisotopic (exact) mass is 400 g/mol. The number of rotatable bonds is 6. The predicted molar refractivity (Wildman–Crippen MR) is 119 cm³/mol. The van der Waals surface area contributed by atoms with Crippen molar-refractivity contribution in [2.45, 2.75) is 19.4 Å². The number of carbonyl (C=O) groups excluding carboxylic acids is 1. The molecule has 152 valence electrons. The van der Waals surface area contributed by atoms with Crippen molar-refractivity contribution in [3.8, 4) is 5.75 Å². The van der Waals surface area contributed by atoms with E-state index in [-0.39, 0.29) is 18.6 Å². The van der Waals surface area contributed by atoms with E-state index in [2.05, 4.69) is 35.6 Å². The molecule has 0 aromatic heterocycles. The molecule has 0 aliphatic carbocycles. The minimum absolute atomic E-state index is 0.0957. The highest BCUT2D eigenvalue weighted by atomic mass is 16.6. The molecule has 0 fully saturated rings. The molecule has 4 rings (SSSR count). The number of aliphatic imine (C=N–C) groups is 1. The fraction of sp³-hybridized carbons (Fsp3) is 0.200. The molecule has 3 aromatic rings. The van der Waals surface area contributed by atoms with Gasteiger partial charge < -0.3 is 14.8 Å². The van der Waals surface area contributed by atoms with E-state index in [4.69, 9.17) is 14.5 Å². The van der Waals surface area contributed by atoms with Crippen molar-refractivity contribution >= 4 is 23.1 Å². The predicted octanol–water partition coefficient (Wildman–Crippen LogP) is 5.31. The Hall–Kier alpha value is -3.60. The molecule has 0 amide bonds. The number of nitrogens with one attached hydrogen (secondary N) is 1. The summed E-state index contributed by atoms with van der Waals surface area (Å²) in [5.41, 5.74) is 5.19. The lowest BCUT2D eigenvalue weighted by atomic mass is 9.97. The molecule has 1 heterocycles. The maximum absolute atomic E-state index is 11.5. The van der Waals surface area contributed by atoms with Crippen molar-refractivity contribution in [1.29, 1.82) is 0 Å². The largest absolute Gasteiger partial charge is 0.482 e. The summed E-state index contributed by atoms with van der Waals surface area (Å²) >= 11 is 0. The molecule has 0 bridgehead atoms. The smallest absolute Gasteiger partial charge is 0.344 e. The van der Waals surface area contributed by atoms with Crippen LogP contribution in [0.2, 0.25) is 0 Å². The lowest BCUT2D eigenvalue weighted by Gasteiger charge is -2.19. The molecule has 0 unspecified atom stereocenters. The van der Waals surface area contributed by atoms with Crippen LogP contribution in [-0.2, 0) is 9.53 Å². The number of hydrogen-bond donors (Lipinski definition) is 1. The van der Waals surface area contributed by atoms with E-state index in [1.54, 1.807) is 6.92 Å². The summed E-state index contributed by atoms with van der Waals surface area (Å²) in [6, 6.07) is 26.3. The summed E-state index contributed by atoms with van der Waals surface area (Å²) in [5.74, 6) is 0.252. The summed E-state index contributed by atoms with van der Waals surface area (Å²) in [6.45, 7) is 2.02. The average molecular weight is 400 g/mol. The number of carbonyl (C=O) groups is 1. The van der Waals surface area contributed by atoms with Gasteiger partial charge in [-0.1, -0.05) is 42.5 Å². The first-order chi connectivity index (χ1) is 14.7. The van der Waals surface area contributed by atoms with Crippen molar-refractivity contribution in [1.82, 2.24) is 0 Å². The minimum atomic E-state index is -0.372. The molecule has 0 spiro atoms. The normalized spacial score (nSPS) is 15.2. The SMILES string of the molecule is CCOC(=O)COc1ccc(C2=Nc3ccccc3N[C@H](c3ccccc3)C2)cc1. The van der Waals surface area contributed by atoms with Crippen molar-refractivity contribution in [3.63, 3.8) is 0 Å². The van der Waals surface area contributed by atoms with E-state index < -0.39 is 0 Å². The van der Waals surface area contributed by atoms with Crippen LogP contribution in [-0.4, -0.2) is 24.9 Å². The van der Waals surface area contributed by atoms with Gasteiger partial charge in [-0.25, -0.2) is 4.79 Å². The molecular weight excluding hydrogens is 376 g/mol. The van der Waals surface area contributed by atoms with E-state index in [0.717, 1.165) is 29.1 Å². The molecule has 5 heteroatoms. The molecule has 1 N–H and O–H groups in total. The van der Waals surface area contributed by atoms with Gasteiger partial charge in [-0.3, -0.25) is 4.99 Å². The van der Waals surface area contributed by atoms with Gasteiger partial charge in [0.05, 0.1) is 29.7 Å². The third-order valence-electron chi connectivity index (χ3n) is 4.94. The zero-order chi connectivity index (χ0) is 20.8. The first-order valence-electron chi connectivity index (χ1n) is 10.1. The van der Waals surface area contributed by atoms with Crippen molar-refractivity contribution in [2.24, 2.45) is 4.99 Å². The molecule has 0 radical (unpaired) electrons. The van der Waals surface area contributed by atoms with Crippen LogP contribution in [0.1, 0.15) is 30.5 Å². The minimum Gasteiger partial charge on any atom is -0.482 e. The fourth-order valence-electron chi connectivity index (χ4n) is 3.47. The first-order valence-corrected chi connectivity index (χ1v) is 10.1. The Morgan fingerprint density at radius 2 is 1.73 bits per heavy atom. The van der Waals surface area contributed by atoms with Crippen LogP contribution >= 0.6 is 0 Å². The van der Waals surface area contributed by atoms with Crippen LogP contribution in [0, 0.1) is 0 Å². The Morgan fingerprint density at radius 1 is 1.00 bits per heavy atom. The van der Waals surface area contributed by atoms with Gasteiger partial charge in [-0.2, -0.15) is 0 Å². The van der Waals surface area contributed by atoms with E-state index in [1.165, 1.54) is 5.56 Å². The number of nitrogens with zero attached hydrogens (tertiary/aromatic N) is 1. The standard InChI is InChI=1S/C25H24N2O3/c1-2-29-25(28)17-30-20-14-12-19(13-15-20)24-16-23(18-8-4-3-5-9-18)26-21-10-6-7-11-22(21)27-24/h3-15,23,26H,2,16-17H2,1H3/t23-/m0/s1. The number of ether oxygens (including phenoxy) is 2. The molecule has 1 aliphatic heterocycles. The second-order valence-electron chi connectivity index (χ2n) is 7.01. The zero-order valence-electron chi connectivity index (χ0n) is 16.9. The van der Waals surface area contributed by atoms with Crippen LogP contribution in [0.25, 0.3) is 0 Å². The van der Waals surface area contributed by atoms with Gasteiger partial charge in [0.1, 0.15) is 5.75 Å². The molecule has 30 heavy (non-hydrogen) atoms. The molecule has 1 aliphatic rings. The molecular formula is C25H24N2O3. The molecule has 0 saturated heterocycles. The number of benzene rings is 3. The van der Waals surface area contributed by atoms with E-state index in [1.807, 2.05) is 48.5 Å². The first kappa shape index (κ1) is 19.7. The van der Waals surface area contributed by atoms with Gasteiger partial charge >= 0.3 is 5.97 Å². The Labute approximate surface area is 176 Å². The fourth-order valence-corrected chi connectivity index (χ4v) is 3.47. The Balaban J connectivity index is 1.58. The number of fused-ring (bicyclic) bond motifs is 1. The zero-order valence-corrected chi connectivity index (χ0v) is 16.9. The van der Waals surface area contributed by atoms with Crippen LogP contribution in [0.15, 0.2) is 83.9 Å². The van der Waals surface area contributed by atoms with E-state index >= 15 is 0 Å². The van der Waals surface area contributed by atoms with E-state index in [9.17, 15) is 4.79 Å². The van der Waals surface area contributed by atoms with E-state index in [0.29, 0.717) is 12.4 Å². The second kappa shape index (κ2) is 9.27. The maximum Gasteiger partial charge on any atom is 0.344 e. The van der Waals surface area contributed by atoms with Gasteiger partial charge in [0.2, 0.25) is 0 Å². The summed E-state index contributed by atoms with van der Waals surface area (Å²) in [4.78, 5) is 16.4. The lowest BCUT2D eigenvalue weighted by molar-refractivity contribution is -0.145. The van der Waals surface area contributed by atoms with Crippen molar-refractivity contribution < 1.29 is 14.3 Å². The highest BCUT2D eigenvalue weighted by Crippen LogP contribution is 2.35. The summed E-state index contributed by atoms with van der Waals surface area (Å²) in [5, 5.41) is 3.64. The highest BCUT2D eigenvalue weighted by Gasteiger charge is 2.20. The number of esters is 1. The number of anilines is 1. The summed E-state index contributed by atoms with van der Waals surface area (Å²) in [7, 11) is 0.